The molecule has 1 saturated carbocycles. The van der Waals surface area contributed by atoms with Gasteiger partial charge in [0, 0.05) is 19.3 Å². The molecule has 0 radical (unpaired) electrons. The fourth-order valence-electron chi connectivity index (χ4n) is 2.84. The Hall–Kier alpha value is -1.49. The summed E-state index contributed by atoms with van der Waals surface area (Å²) in [6.45, 7) is 7.44. The zero-order chi connectivity index (χ0) is 14.0. The fourth-order valence-corrected chi connectivity index (χ4v) is 2.84. The van der Waals surface area contributed by atoms with Crippen molar-refractivity contribution in [2.75, 3.05) is 18.5 Å². The molecule has 0 N–H and O–H groups in total. The Labute approximate surface area is 117 Å². The first-order valence-electron chi connectivity index (χ1n) is 7.20. The Morgan fingerprint density at radius 3 is 2.53 bits per heavy atom. The number of nitriles is 1. The minimum Gasteiger partial charge on any atom is -0.373 e. The Morgan fingerprint density at radius 1 is 1.37 bits per heavy atom. The molecule has 0 saturated heterocycles. The average Bonchev–Trinajstić information content (AvgIpc) is 2.33. The van der Waals surface area contributed by atoms with Gasteiger partial charge in [-0.15, -0.1) is 0 Å². The molecule has 1 aromatic carbocycles. The van der Waals surface area contributed by atoms with Crippen LogP contribution in [0.3, 0.4) is 0 Å². The summed E-state index contributed by atoms with van der Waals surface area (Å²) < 4.78 is 0. The molecular formula is C17H24N2. The Bertz CT molecular complexity index is 492. The molecule has 102 valence electrons. The Balaban J connectivity index is 2.21. The van der Waals surface area contributed by atoms with Crippen LogP contribution in [0.15, 0.2) is 18.2 Å². The highest BCUT2D eigenvalue weighted by atomic mass is 15.1. The van der Waals surface area contributed by atoms with Crippen LogP contribution in [0.1, 0.15) is 50.2 Å². The summed E-state index contributed by atoms with van der Waals surface area (Å²) in [6.07, 6.45) is 3.31. The average molecular weight is 256 g/mol. The van der Waals surface area contributed by atoms with Gasteiger partial charge in [-0.25, -0.2) is 0 Å². The first-order chi connectivity index (χ1) is 8.97. The molecular weight excluding hydrogens is 232 g/mol. The topological polar surface area (TPSA) is 27.0 Å². The zero-order valence-corrected chi connectivity index (χ0v) is 12.5. The summed E-state index contributed by atoms with van der Waals surface area (Å²) in [5, 5.41) is 9.37. The number of benzene rings is 1. The maximum absolute atomic E-state index is 9.37. The van der Waals surface area contributed by atoms with Gasteiger partial charge in [-0.1, -0.05) is 32.4 Å². The van der Waals surface area contributed by atoms with Crippen molar-refractivity contribution in [3.63, 3.8) is 0 Å². The number of nitrogens with zero attached hydrogens (tertiary/aromatic N) is 2. The SMILES string of the molecule is Cc1ccc(C(C)C)cc1N(C)CC1(C#N)CCC1. The van der Waals surface area contributed by atoms with Gasteiger partial charge >= 0.3 is 0 Å². The Morgan fingerprint density at radius 2 is 2.05 bits per heavy atom. The summed E-state index contributed by atoms with van der Waals surface area (Å²) in [5.41, 5.74) is 3.83. The van der Waals surface area contributed by atoms with Crippen LogP contribution in [0.25, 0.3) is 0 Å². The molecule has 0 spiro atoms. The molecule has 1 aliphatic carbocycles. The van der Waals surface area contributed by atoms with E-state index in [1.54, 1.807) is 0 Å². The maximum atomic E-state index is 9.37. The van der Waals surface area contributed by atoms with E-state index < -0.39 is 0 Å². The molecule has 0 unspecified atom stereocenters. The standard InChI is InChI=1S/C17H24N2/c1-13(2)15-7-6-14(3)16(10-15)19(4)12-17(11-18)8-5-9-17/h6-7,10,13H,5,8-9,12H2,1-4H3. The second-order valence-corrected chi connectivity index (χ2v) is 6.30. The maximum Gasteiger partial charge on any atom is 0.0748 e. The zero-order valence-electron chi connectivity index (χ0n) is 12.5. The second kappa shape index (κ2) is 5.25. The van der Waals surface area contributed by atoms with E-state index in [4.69, 9.17) is 0 Å². The normalized spacial score (nSPS) is 16.8. The van der Waals surface area contributed by atoms with Gasteiger partial charge in [0.1, 0.15) is 0 Å². The summed E-state index contributed by atoms with van der Waals surface area (Å²) in [7, 11) is 2.11. The van der Waals surface area contributed by atoms with Crippen molar-refractivity contribution in [2.45, 2.75) is 46.0 Å². The molecule has 1 aliphatic rings. The van der Waals surface area contributed by atoms with Crippen LogP contribution in [0.2, 0.25) is 0 Å². The molecule has 2 heteroatoms. The van der Waals surface area contributed by atoms with E-state index in [1.165, 1.54) is 23.2 Å². The van der Waals surface area contributed by atoms with Crippen molar-refractivity contribution >= 4 is 5.69 Å². The van der Waals surface area contributed by atoms with E-state index in [2.05, 4.69) is 57.0 Å². The first-order valence-corrected chi connectivity index (χ1v) is 7.20. The third kappa shape index (κ3) is 2.76. The number of hydrogen-bond donors (Lipinski definition) is 0. The van der Waals surface area contributed by atoms with Crippen molar-refractivity contribution in [3.8, 4) is 6.07 Å². The molecule has 2 nitrogen and oxygen atoms in total. The number of aryl methyl sites for hydroxylation is 1. The fraction of sp³-hybridized carbons (Fsp3) is 0.588. The Kier molecular flexibility index (Phi) is 3.85. The van der Waals surface area contributed by atoms with Gasteiger partial charge in [-0.05, 0) is 42.9 Å². The molecule has 0 amide bonds. The van der Waals surface area contributed by atoms with Gasteiger partial charge in [-0.2, -0.15) is 5.26 Å². The van der Waals surface area contributed by atoms with Crippen LogP contribution in [-0.2, 0) is 0 Å². The van der Waals surface area contributed by atoms with Gasteiger partial charge < -0.3 is 4.90 Å². The van der Waals surface area contributed by atoms with E-state index in [1.807, 2.05) is 0 Å². The minimum atomic E-state index is -0.102. The predicted molar refractivity (Wildman–Crippen MR) is 80.4 cm³/mol. The monoisotopic (exact) mass is 256 g/mol. The van der Waals surface area contributed by atoms with Crippen molar-refractivity contribution in [2.24, 2.45) is 5.41 Å². The molecule has 0 aromatic heterocycles. The molecule has 0 bridgehead atoms. The molecule has 0 heterocycles. The van der Waals surface area contributed by atoms with Gasteiger partial charge in [0.15, 0.2) is 0 Å². The van der Waals surface area contributed by atoms with Crippen molar-refractivity contribution in [3.05, 3.63) is 29.3 Å². The van der Waals surface area contributed by atoms with Crippen LogP contribution in [0.4, 0.5) is 5.69 Å². The van der Waals surface area contributed by atoms with E-state index in [-0.39, 0.29) is 5.41 Å². The molecule has 0 atom stereocenters. The lowest BCUT2D eigenvalue weighted by atomic mass is 9.69. The molecule has 1 aromatic rings. The highest BCUT2D eigenvalue weighted by molar-refractivity contribution is 5.55. The molecule has 19 heavy (non-hydrogen) atoms. The third-order valence-electron chi connectivity index (χ3n) is 4.40. The van der Waals surface area contributed by atoms with E-state index in [0.717, 1.165) is 19.4 Å². The molecule has 2 rings (SSSR count). The van der Waals surface area contributed by atoms with E-state index in [0.29, 0.717) is 5.92 Å². The number of anilines is 1. The van der Waals surface area contributed by atoms with Crippen LogP contribution < -0.4 is 4.90 Å². The van der Waals surface area contributed by atoms with E-state index in [9.17, 15) is 5.26 Å². The van der Waals surface area contributed by atoms with Gasteiger partial charge in [0.2, 0.25) is 0 Å². The highest BCUT2D eigenvalue weighted by Gasteiger charge is 2.38. The minimum absolute atomic E-state index is 0.102. The summed E-state index contributed by atoms with van der Waals surface area (Å²) in [6, 6.07) is 9.22. The lowest BCUT2D eigenvalue weighted by Crippen LogP contribution is -2.40. The van der Waals surface area contributed by atoms with Crippen LogP contribution in [0, 0.1) is 23.7 Å². The lowest BCUT2D eigenvalue weighted by Gasteiger charge is -2.39. The van der Waals surface area contributed by atoms with Crippen molar-refractivity contribution < 1.29 is 0 Å². The van der Waals surface area contributed by atoms with Gasteiger partial charge in [0.05, 0.1) is 11.5 Å². The van der Waals surface area contributed by atoms with Crippen LogP contribution in [-0.4, -0.2) is 13.6 Å². The highest BCUT2D eigenvalue weighted by Crippen LogP contribution is 2.41. The van der Waals surface area contributed by atoms with Crippen molar-refractivity contribution in [1.29, 1.82) is 5.26 Å². The van der Waals surface area contributed by atoms with Gasteiger partial charge in [0.25, 0.3) is 0 Å². The van der Waals surface area contributed by atoms with Gasteiger partial charge in [-0.3, -0.25) is 0 Å². The molecule has 0 aliphatic heterocycles. The number of hydrogen-bond acceptors (Lipinski definition) is 2. The van der Waals surface area contributed by atoms with E-state index >= 15 is 0 Å². The van der Waals surface area contributed by atoms with Crippen LogP contribution >= 0.6 is 0 Å². The molecule has 1 fully saturated rings. The quantitative estimate of drug-likeness (QED) is 0.805. The smallest absolute Gasteiger partial charge is 0.0748 e. The largest absolute Gasteiger partial charge is 0.373 e. The summed E-state index contributed by atoms with van der Waals surface area (Å²) in [4.78, 5) is 2.27. The first kappa shape index (κ1) is 13.9. The van der Waals surface area contributed by atoms with Crippen molar-refractivity contribution in [1.82, 2.24) is 0 Å². The predicted octanol–water partition coefficient (Wildman–Crippen LogP) is 4.25. The summed E-state index contributed by atoms with van der Waals surface area (Å²) >= 11 is 0. The summed E-state index contributed by atoms with van der Waals surface area (Å²) in [5.74, 6) is 0.543. The lowest BCUT2D eigenvalue weighted by molar-refractivity contribution is 0.223. The number of rotatable bonds is 4. The third-order valence-corrected chi connectivity index (χ3v) is 4.40. The van der Waals surface area contributed by atoms with Crippen LogP contribution in [0.5, 0.6) is 0 Å². The second-order valence-electron chi connectivity index (χ2n) is 6.30.